The first-order valence-corrected chi connectivity index (χ1v) is 7.22. The quantitative estimate of drug-likeness (QED) is 0.819. The van der Waals surface area contributed by atoms with Crippen molar-refractivity contribution in [1.29, 1.82) is 0 Å². The number of halogens is 2. The molecule has 0 aliphatic rings. The number of anilines is 2. The van der Waals surface area contributed by atoms with Gasteiger partial charge in [-0.05, 0) is 49.7 Å². The summed E-state index contributed by atoms with van der Waals surface area (Å²) in [6.07, 6.45) is 0. The highest BCUT2D eigenvalue weighted by atomic mass is 79.9. The molecule has 5 heteroatoms. The summed E-state index contributed by atoms with van der Waals surface area (Å²) in [6.45, 7) is 3.56. The molecule has 110 valence electrons. The Morgan fingerprint density at radius 2 is 1.81 bits per heavy atom. The van der Waals surface area contributed by atoms with E-state index in [4.69, 9.17) is 5.73 Å². The van der Waals surface area contributed by atoms with E-state index in [2.05, 4.69) is 21.2 Å². The second kappa shape index (κ2) is 5.85. The van der Waals surface area contributed by atoms with Crippen LogP contribution >= 0.6 is 15.9 Å². The number of nitrogens with one attached hydrogen (secondary N) is 1. The van der Waals surface area contributed by atoms with Crippen LogP contribution in [0, 0.1) is 5.82 Å². The molecule has 2 aromatic rings. The van der Waals surface area contributed by atoms with E-state index in [9.17, 15) is 9.18 Å². The molecule has 0 aromatic heterocycles. The van der Waals surface area contributed by atoms with Crippen molar-refractivity contribution in [3.63, 3.8) is 0 Å². The Bertz CT molecular complexity index is 668. The molecule has 21 heavy (non-hydrogen) atoms. The van der Waals surface area contributed by atoms with Crippen molar-refractivity contribution in [2.24, 2.45) is 0 Å². The molecule has 0 spiro atoms. The van der Waals surface area contributed by atoms with E-state index in [-0.39, 0.29) is 11.6 Å². The molecule has 3 N–H and O–H groups in total. The van der Waals surface area contributed by atoms with Gasteiger partial charge in [0, 0.05) is 10.2 Å². The first-order chi connectivity index (χ1) is 9.80. The van der Waals surface area contributed by atoms with Crippen LogP contribution in [0.1, 0.15) is 19.4 Å². The smallest absolute Gasteiger partial charge is 0.234 e. The molecule has 0 unspecified atom stereocenters. The minimum atomic E-state index is -0.798. The number of hydrogen-bond donors (Lipinski definition) is 2. The van der Waals surface area contributed by atoms with Crippen molar-refractivity contribution in [3.8, 4) is 0 Å². The second-order valence-corrected chi connectivity index (χ2v) is 6.24. The van der Waals surface area contributed by atoms with Gasteiger partial charge in [0.1, 0.15) is 5.82 Å². The van der Waals surface area contributed by atoms with E-state index in [0.29, 0.717) is 10.2 Å². The van der Waals surface area contributed by atoms with Crippen LogP contribution < -0.4 is 11.1 Å². The van der Waals surface area contributed by atoms with Gasteiger partial charge in [0.25, 0.3) is 0 Å². The first-order valence-electron chi connectivity index (χ1n) is 6.43. The topological polar surface area (TPSA) is 55.1 Å². The summed E-state index contributed by atoms with van der Waals surface area (Å²) in [7, 11) is 0. The zero-order valence-electron chi connectivity index (χ0n) is 11.8. The lowest BCUT2D eigenvalue weighted by Gasteiger charge is -2.24. The van der Waals surface area contributed by atoms with Gasteiger partial charge in [-0.15, -0.1) is 0 Å². The molecule has 0 aliphatic carbocycles. The van der Waals surface area contributed by atoms with Crippen molar-refractivity contribution in [2.75, 3.05) is 11.1 Å². The number of nitrogens with two attached hydrogens (primary N) is 1. The van der Waals surface area contributed by atoms with Crippen molar-refractivity contribution in [2.45, 2.75) is 19.3 Å². The summed E-state index contributed by atoms with van der Waals surface area (Å²) in [4.78, 5) is 12.4. The highest BCUT2D eigenvalue weighted by molar-refractivity contribution is 9.10. The maximum absolute atomic E-state index is 13.8. The molecule has 0 heterocycles. The fraction of sp³-hybridized carbons (Fsp3) is 0.188. The molecular formula is C16H16BrFN2O. The first kappa shape index (κ1) is 15.5. The lowest BCUT2D eigenvalue weighted by atomic mass is 9.83. The Morgan fingerprint density at radius 1 is 1.19 bits per heavy atom. The van der Waals surface area contributed by atoms with Gasteiger partial charge >= 0.3 is 0 Å². The number of rotatable bonds is 3. The van der Waals surface area contributed by atoms with Gasteiger partial charge in [-0.1, -0.05) is 28.1 Å². The standard InChI is InChI=1S/C16H16BrFN2O/c1-16(2,10-3-6-12(19)7-4-10)15(21)20-14-8-5-11(17)9-13(14)18/h3-9H,19H2,1-2H3,(H,20,21). The van der Waals surface area contributed by atoms with Crippen LogP contribution in [-0.2, 0) is 10.2 Å². The Hall–Kier alpha value is -1.88. The zero-order chi connectivity index (χ0) is 15.6. The number of amides is 1. The Morgan fingerprint density at radius 3 is 2.38 bits per heavy atom. The summed E-state index contributed by atoms with van der Waals surface area (Å²) in [5.41, 5.74) is 6.45. The molecule has 0 radical (unpaired) electrons. The van der Waals surface area contributed by atoms with E-state index in [1.54, 1.807) is 44.2 Å². The van der Waals surface area contributed by atoms with E-state index in [0.717, 1.165) is 5.56 Å². The Balaban J connectivity index is 2.24. The van der Waals surface area contributed by atoms with Crippen LogP contribution in [0.2, 0.25) is 0 Å². The van der Waals surface area contributed by atoms with Gasteiger partial charge in [-0.25, -0.2) is 4.39 Å². The monoisotopic (exact) mass is 350 g/mol. The van der Waals surface area contributed by atoms with Crippen molar-refractivity contribution >= 4 is 33.2 Å². The third-order valence-corrected chi connectivity index (χ3v) is 3.87. The molecule has 2 aromatic carbocycles. The van der Waals surface area contributed by atoms with Crippen molar-refractivity contribution in [1.82, 2.24) is 0 Å². The average Bonchev–Trinajstić information content (AvgIpc) is 2.42. The van der Waals surface area contributed by atoms with E-state index >= 15 is 0 Å². The molecule has 1 amide bonds. The highest BCUT2D eigenvalue weighted by Crippen LogP contribution is 2.27. The van der Waals surface area contributed by atoms with Crippen molar-refractivity contribution < 1.29 is 9.18 Å². The van der Waals surface area contributed by atoms with Crippen LogP contribution in [0.25, 0.3) is 0 Å². The zero-order valence-corrected chi connectivity index (χ0v) is 13.4. The third-order valence-electron chi connectivity index (χ3n) is 3.38. The minimum absolute atomic E-state index is 0.159. The molecule has 0 aliphatic heterocycles. The minimum Gasteiger partial charge on any atom is -0.399 e. The van der Waals surface area contributed by atoms with Crippen LogP contribution in [0.4, 0.5) is 15.8 Å². The van der Waals surface area contributed by atoms with Crippen LogP contribution in [0.5, 0.6) is 0 Å². The molecule has 3 nitrogen and oxygen atoms in total. The Labute approximate surface area is 131 Å². The highest BCUT2D eigenvalue weighted by Gasteiger charge is 2.30. The molecule has 0 saturated carbocycles. The van der Waals surface area contributed by atoms with Gasteiger partial charge in [-0.2, -0.15) is 0 Å². The van der Waals surface area contributed by atoms with Gasteiger partial charge < -0.3 is 11.1 Å². The molecule has 0 atom stereocenters. The summed E-state index contributed by atoms with van der Waals surface area (Å²) in [6, 6.07) is 11.6. The Kier molecular flexibility index (Phi) is 4.32. The third kappa shape index (κ3) is 3.42. The summed E-state index contributed by atoms with van der Waals surface area (Å²) in [5.74, 6) is -0.765. The number of carbonyl (C=O) groups is 1. The normalized spacial score (nSPS) is 11.2. The van der Waals surface area contributed by atoms with Crippen LogP contribution in [0.15, 0.2) is 46.9 Å². The number of hydrogen-bond acceptors (Lipinski definition) is 2. The predicted molar refractivity (Wildman–Crippen MR) is 86.6 cm³/mol. The van der Waals surface area contributed by atoms with Gasteiger partial charge in [0.2, 0.25) is 5.91 Å². The van der Waals surface area contributed by atoms with E-state index in [1.165, 1.54) is 12.1 Å². The SMILES string of the molecule is CC(C)(C(=O)Nc1ccc(Br)cc1F)c1ccc(N)cc1. The van der Waals surface area contributed by atoms with Gasteiger partial charge in [0.15, 0.2) is 0 Å². The average molecular weight is 351 g/mol. The lowest BCUT2D eigenvalue weighted by molar-refractivity contribution is -0.120. The van der Waals surface area contributed by atoms with E-state index in [1.807, 2.05) is 0 Å². The van der Waals surface area contributed by atoms with Crippen LogP contribution in [-0.4, -0.2) is 5.91 Å². The molecule has 0 saturated heterocycles. The fourth-order valence-electron chi connectivity index (χ4n) is 1.90. The molecular weight excluding hydrogens is 335 g/mol. The predicted octanol–water partition coefficient (Wildman–Crippen LogP) is 4.09. The van der Waals surface area contributed by atoms with Crippen molar-refractivity contribution in [3.05, 3.63) is 58.3 Å². The number of benzene rings is 2. The fourth-order valence-corrected chi connectivity index (χ4v) is 2.23. The van der Waals surface area contributed by atoms with Gasteiger partial charge in [0.05, 0.1) is 11.1 Å². The summed E-state index contributed by atoms with van der Waals surface area (Å²) < 4.78 is 14.4. The number of nitrogen functional groups attached to an aromatic ring is 1. The number of carbonyl (C=O) groups excluding carboxylic acids is 1. The maximum Gasteiger partial charge on any atom is 0.234 e. The molecule has 2 rings (SSSR count). The second-order valence-electron chi connectivity index (χ2n) is 5.33. The van der Waals surface area contributed by atoms with Gasteiger partial charge in [-0.3, -0.25) is 4.79 Å². The largest absolute Gasteiger partial charge is 0.399 e. The molecule has 0 fully saturated rings. The van der Waals surface area contributed by atoms with Crippen LogP contribution in [0.3, 0.4) is 0 Å². The summed E-state index contributed by atoms with van der Waals surface area (Å²) in [5, 5.41) is 2.62. The molecule has 0 bridgehead atoms. The summed E-state index contributed by atoms with van der Waals surface area (Å²) >= 11 is 3.18. The lowest BCUT2D eigenvalue weighted by Crippen LogP contribution is -2.35. The maximum atomic E-state index is 13.8. The van der Waals surface area contributed by atoms with E-state index < -0.39 is 11.2 Å².